The number of hydrogen-bond acceptors (Lipinski definition) is 6. The summed E-state index contributed by atoms with van der Waals surface area (Å²) in [6.45, 7) is 5.39. The first-order chi connectivity index (χ1) is 12.5. The topological polar surface area (TPSA) is 80.4 Å². The van der Waals surface area contributed by atoms with Gasteiger partial charge in [-0.05, 0) is 49.1 Å². The van der Waals surface area contributed by atoms with Crippen molar-refractivity contribution >= 4 is 0 Å². The lowest BCUT2D eigenvalue weighted by Crippen LogP contribution is -2.38. The van der Waals surface area contributed by atoms with Crippen LogP contribution in [0.5, 0.6) is 11.5 Å². The molecule has 0 radical (unpaired) electrons. The minimum atomic E-state index is -0.339. The highest BCUT2D eigenvalue weighted by Gasteiger charge is 2.21. The van der Waals surface area contributed by atoms with Gasteiger partial charge in [-0.25, -0.2) is 4.68 Å². The second-order valence-electron chi connectivity index (χ2n) is 6.42. The van der Waals surface area contributed by atoms with Gasteiger partial charge < -0.3 is 9.47 Å². The Bertz CT molecular complexity index is 943. The number of methoxy groups -OCH3 is 2. The fourth-order valence-electron chi connectivity index (χ4n) is 3.25. The van der Waals surface area contributed by atoms with E-state index in [1.165, 1.54) is 10.2 Å². The molecule has 1 aliphatic heterocycles. The molecule has 1 aliphatic rings. The van der Waals surface area contributed by atoms with Gasteiger partial charge in [-0.15, -0.1) is 0 Å². The van der Waals surface area contributed by atoms with Crippen LogP contribution in [0.4, 0.5) is 0 Å². The molecule has 0 spiro atoms. The van der Waals surface area contributed by atoms with E-state index in [1.54, 1.807) is 21.1 Å². The highest BCUT2D eigenvalue weighted by molar-refractivity contribution is 5.48. The largest absolute Gasteiger partial charge is 0.493 e. The number of nitriles is 1. The molecule has 0 saturated carbocycles. The predicted octanol–water partition coefficient (Wildman–Crippen LogP) is 1.76. The van der Waals surface area contributed by atoms with E-state index in [9.17, 15) is 10.1 Å². The smallest absolute Gasteiger partial charge is 0.286 e. The maximum atomic E-state index is 12.5. The molecule has 0 N–H and O–H groups in total. The zero-order valence-electron chi connectivity index (χ0n) is 15.5. The van der Waals surface area contributed by atoms with Crippen molar-refractivity contribution in [2.45, 2.75) is 33.5 Å². The summed E-state index contributed by atoms with van der Waals surface area (Å²) < 4.78 is 12.1. The summed E-state index contributed by atoms with van der Waals surface area (Å²) in [5.41, 5.74) is 3.54. The van der Waals surface area contributed by atoms with Crippen LogP contribution in [0.1, 0.15) is 27.9 Å². The van der Waals surface area contributed by atoms with Crippen molar-refractivity contribution in [3.8, 4) is 17.6 Å². The number of fused-ring (bicyclic) bond motifs is 1. The van der Waals surface area contributed by atoms with Crippen LogP contribution < -0.4 is 15.0 Å². The standard InChI is InChI=1S/C19H22N4O3/c1-12-13(2)21-23(19(24)16(12)9-20)11-22-6-5-14-7-17(25-3)18(26-4)8-15(14)10-22/h7-8H,5-6,10-11H2,1-4H3. The van der Waals surface area contributed by atoms with Crippen LogP contribution in [0.2, 0.25) is 0 Å². The lowest BCUT2D eigenvalue weighted by Gasteiger charge is -2.29. The zero-order chi connectivity index (χ0) is 18.8. The second-order valence-corrected chi connectivity index (χ2v) is 6.42. The van der Waals surface area contributed by atoms with Crippen LogP contribution in [0, 0.1) is 25.2 Å². The Morgan fingerprint density at radius 3 is 2.46 bits per heavy atom. The summed E-state index contributed by atoms with van der Waals surface area (Å²) in [6, 6.07) is 6.00. The third kappa shape index (κ3) is 3.16. The second kappa shape index (κ2) is 7.18. The van der Waals surface area contributed by atoms with Gasteiger partial charge in [-0.2, -0.15) is 10.4 Å². The Balaban J connectivity index is 1.88. The Kier molecular flexibility index (Phi) is 4.96. The number of ether oxygens (including phenoxy) is 2. The van der Waals surface area contributed by atoms with Crippen molar-refractivity contribution in [1.29, 1.82) is 5.26 Å². The number of hydrogen-bond donors (Lipinski definition) is 0. The molecule has 0 atom stereocenters. The molecule has 7 heteroatoms. The third-order valence-corrected chi connectivity index (χ3v) is 4.88. The molecule has 7 nitrogen and oxygen atoms in total. The quantitative estimate of drug-likeness (QED) is 0.832. The molecule has 0 fully saturated rings. The number of benzene rings is 1. The fraction of sp³-hybridized carbons (Fsp3) is 0.421. The van der Waals surface area contributed by atoms with E-state index < -0.39 is 0 Å². The van der Waals surface area contributed by atoms with Crippen LogP contribution in [0.15, 0.2) is 16.9 Å². The molecule has 1 aromatic heterocycles. The van der Waals surface area contributed by atoms with Crippen molar-refractivity contribution in [1.82, 2.24) is 14.7 Å². The van der Waals surface area contributed by atoms with E-state index >= 15 is 0 Å². The normalized spacial score (nSPS) is 13.8. The van der Waals surface area contributed by atoms with Crippen molar-refractivity contribution in [2.75, 3.05) is 20.8 Å². The van der Waals surface area contributed by atoms with Crippen LogP contribution in [-0.4, -0.2) is 35.4 Å². The molecule has 0 aliphatic carbocycles. The average Bonchev–Trinajstić information content (AvgIpc) is 2.65. The summed E-state index contributed by atoms with van der Waals surface area (Å²) in [6.07, 6.45) is 0.848. The number of aryl methyl sites for hydroxylation is 1. The number of rotatable bonds is 4. The number of nitrogens with zero attached hydrogens (tertiary/aromatic N) is 4. The molecular formula is C19H22N4O3. The van der Waals surface area contributed by atoms with Gasteiger partial charge in [0.1, 0.15) is 11.6 Å². The van der Waals surface area contributed by atoms with Gasteiger partial charge in [0, 0.05) is 13.1 Å². The molecule has 2 aromatic rings. The molecule has 26 heavy (non-hydrogen) atoms. The minimum absolute atomic E-state index is 0.168. The van der Waals surface area contributed by atoms with Gasteiger partial charge in [0.05, 0.1) is 26.6 Å². The molecule has 0 bridgehead atoms. The van der Waals surface area contributed by atoms with Gasteiger partial charge >= 0.3 is 0 Å². The van der Waals surface area contributed by atoms with Crippen LogP contribution >= 0.6 is 0 Å². The highest BCUT2D eigenvalue weighted by atomic mass is 16.5. The Hall–Kier alpha value is -2.85. The predicted molar refractivity (Wildman–Crippen MR) is 96.3 cm³/mol. The first-order valence-electron chi connectivity index (χ1n) is 8.43. The van der Waals surface area contributed by atoms with E-state index in [1.807, 2.05) is 25.1 Å². The molecular weight excluding hydrogens is 332 g/mol. The summed E-state index contributed by atoms with van der Waals surface area (Å²) in [4.78, 5) is 14.6. The van der Waals surface area contributed by atoms with Gasteiger partial charge in [0.15, 0.2) is 11.5 Å². The fourth-order valence-corrected chi connectivity index (χ4v) is 3.25. The van der Waals surface area contributed by atoms with E-state index in [0.29, 0.717) is 30.2 Å². The molecule has 3 rings (SSSR count). The van der Waals surface area contributed by atoms with Crippen LogP contribution in [0.25, 0.3) is 0 Å². The van der Waals surface area contributed by atoms with Crippen molar-refractivity contribution in [2.24, 2.45) is 0 Å². The first-order valence-corrected chi connectivity index (χ1v) is 8.43. The number of aromatic nitrogens is 2. The molecule has 2 heterocycles. The Morgan fingerprint density at radius 1 is 1.19 bits per heavy atom. The van der Waals surface area contributed by atoms with Crippen LogP contribution in [0.3, 0.4) is 0 Å². The minimum Gasteiger partial charge on any atom is -0.493 e. The Morgan fingerprint density at radius 2 is 1.85 bits per heavy atom. The summed E-state index contributed by atoms with van der Waals surface area (Å²) in [7, 11) is 3.25. The van der Waals surface area contributed by atoms with Gasteiger partial charge in [-0.1, -0.05) is 0 Å². The highest BCUT2D eigenvalue weighted by Crippen LogP contribution is 2.33. The Labute approximate surface area is 152 Å². The monoisotopic (exact) mass is 354 g/mol. The lowest BCUT2D eigenvalue weighted by molar-refractivity contribution is 0.184. The molecule has 0 unspecified atom stereocenters. The van der Waals surface area contributed by atoms with Crippen molar-refractivity contribution < 1.29 is 9.47 Å². The molecule has 0 saturated heterocycles. The van der Waals surface area contributed by atoms with E-state index in [-0.39, 0.29) is 11.1 Å². The van der Waals surface area contributed by atoms with Crippen molar-refractivity contribution in [3.05, 3.63) is 50.4 Å². The lowest BCUT2D eigenvalue weighted by atomic mass is 9.99. The first kappa shape index (κ1) is 18.0. The summed E-state index contributed by atoms with van der Waals surface area (Å²) in [5, 5.41) is 13.6. The van der Waals surface area contributed by atoms with E-state index in [0.717, 1.165) is 24.3 Å². The SMILES string of the molecule is COc1cc2c(cc1OC)CN(Cn1nc(C)c(C)c(C#N)c1=O)CC2. The van der Waals surface area contributed by atoms with Gasteiger partial charge in [0.2, 0.25) is 0 Å². The maximum Gasteiger partial charge on any atom is 0.286 e. The van der Waals surface area contributed by atoms with Crippen LogP contribution in [-0.2, 0) is 19.6 Å². The van der Waals surface area contributed by atoms with Crippen molar-refractivity contribution in [3.63, 3.8) is 0 Å². The third-order valence-electron chi connectivity index (χ3n) is 4.88. The molecule has 136 valence electrons. The maximum absolute atomic E-state index is 12.5. The summed E-state index contributed by atoms with van der Waals surface area (Å²) >= 11 is 0. The van der Waals surface area contributed by atoms with Gasteiger partial charge in [-0.3, -0.25) is 9.69 Å². The van der Waals surface area contributed by atoms with Gasteiger partial charge in [0.25, 0.3) is 5.56 Å². The van der Waals surface area contributed by atoms with E-state index in [2.05, 4.69) is 10.00 Å². The summed E-state index contributed by atoms with van der Waals surface area (Å²) in [5.74, 6) is 1.42. The zero-order valence-corrected chi connectivity index (χ0v) is 15.5. The molecule has 0 amide bonds. The average molecular weight is 354 g/mol. The molecule has 1 aromatic carbocycles. The van der Waals surface area contributed by atoms with E-state index in [4.69, 9.17) is 9.47 Å².